The molecule has 3 aromatic carbocycles. The van der Waals surface area contributed by atoms with Gasteiger partial charge in [0.2, 0.25) is 0 Å². The molecule has 0 saturated carbocycles. The van der Waals surface area contributed by atoms with Crippen LogP contribution < -0.4 is 5.63 Å². The summed E-state index contributed by atoms with van der Waals surface area (Å²) in [5.74, 6) is 0.597. The molecular weight excluding hydrogens is 346 g/mol. The van der Waals surface area contributed by atoms with Crippen molar-refractivity contribution >= 4 is 21.8 Å². The van der Waals surface area contributed by atoms with E-state index in [9.17, 15) is 4.79 Å². The maximum absolute atomic E-state index is 13.0. The standard InChI is InChI=1S/C25H19NO2/c1-17-11-13-19(14-12-17)23-15-21-20-9-5-6-10-22(20)26(24(21)25(27)28-23)16-18-7-3-2-4-8-18/h2-15H,16H2,1H3. The first-order valence-electron chi connectivity index (χ1n) is 9.37. The van der Waals surface area contributed by atoms with E-state index in [0.717, 1.165) is 27.4 Å². The topological polar surface area (TPSA) is 35.1 Å². The van der Waals surface area contributed by atoms with Gasteiger partial charge in [0.15, 0.2) is 0 Å². The fourth-order valence-electron chi connectivity index (χ4n) is 3.80. The van der Waals surface area contributed by atoms with Crippen molar-refractivity contribution in [3.05, 3.63) is 106 Å². The van der Waals surface area contributed by atoms with Crippen molar-refractivity contribution in [3.8, 4) is 11.3 Å². The van der Waals surface area contributed by atoms with Gasteiger partial charge in [-0.3, -0.25) is 0 Å². The number of aryl methyl sites for hydroxylation is 1. The Hall–Kier alpha value is -3.59. The minimum Gasteiger partial charge on any atom is -0.421 e. The van der Waals surface area contributed by atoms with E-state index < -0.39 is 0 Å². The van der Waals surface area contributed by atoms with Crippen LogP contribution in [-0.2, 0) is 6.54 Å². The minimum absolute atomic E-state index is 0.305. The Balaban J connectivity index is 1.78. The van der Waals surface area contributed by atoms with Crippen LogP contribution in [-0.4, -0.2) is 4.57 Å². The van der Waals surface area contributed by atoms with Crippen molar-refractivity contribution in [2.24, 2.45) is 0 Å². The van der Waals surface area contributed by atoms with E-state index in [1.807, 2.05) is 67.6 Å². The second-order valence-electron chi connectivity index (χ2n) is 7.12. The number of hydrogen-bond acceptors (Lipinski definition) is 2. The van der Waals surface area contributed by atoms with Gasteiger partial charge in [0.1, 0.15) is 11.3 Å². The number of rotatable bonds is 3. The van der Waals surface area contributed by atoms with Gasteiger partial charge in [-0.25, -0.2) is 4.79 Å². The van der Waals surface area contributed by atoms with Crippen molar-refractivity contribution in [1.82, 2.24) is 4.57 Å². The Labute approximate surface area is 162 Å². The zero-order chi connectivity index (χ0) is 19.1. The molecule has 0 aliphatic heterocycles. The van der Waals surface area contributed by atoms with Gasteiger partial charge in [0, 0.05) is 28.4 Å². The number of hydrogen-bond donors (Lipinski definition) is 0. The SMILES string of the molecule is Cc1ccc(-c2cc3c4ccccc4n(Cc4ccccc4)c3c(=O)o2)cc1. The smallest absolute Gasteiger partial charge is 0.361 e. The second kappa shape index (κ2) is 6.54. The van der Waals surface area contributed by atoms with Gasteiger partial charge in [-0.2, -0.15) is 0 Å². The Morgan fingerprint density at radius 2 is 1.54 bits per heavy atom. The molecule has 5 aromatic rings. The largest absolute Gasteiger partial charge is 0.421 e. The Kier molecular flexibility index (Phi) is 3.87. The zero-order valence-electron chi connectivity index (χ0n) is 15.6. The predicted octanol–water partition coefficient (Wildman–Crippen LogP) is 5.77. The van der Waals surface area contributed by atoms with Gasteiger partial charge in [-0.05, 0) is 24.6 Å². The summed E-state index contributed by atoms with van der Waals surface area (Å²) < 4.78 is 7.81. The third kappa shape index (κ3) is 2.72. The molecule has 0 bridgehead atoms. The van der Waals surface area contributed by atoms with Crippen molar-refractivity contribution in [1.29, 1.82) is 0 Å². The third-order valence-corrected chi connectivity index (χ3v) is 5.20. The number of fused-ring (bicyclic) bond motifs is 3. The molecule has 0 radical (unpaired) electrons. The number of aromatic nitrogens is 1. The summed E-state index contributed by atoms with van der Waals surface area (Å²) in [4.78, 5) is 13.0. The third-order valence-electron chi connectivity index (χ3n) is 5.20. The molecule has 0 aliphatic carbocycles. The highest BCUT2D eigenvalue weighted by atomic mass is 16.4. The second-order valence-corrected chi connectivity index (χ2v) is 7.12. The lowest BCUT2D eigenvalue weighted by atomic mass is 10.1. The summed E-state index contributed by atoms with van der Waals surface area (Å²) in [6, 6.07) is 28.3. The first-order chi connectivity index (χ1) is 13.7. The number of benzene rings is 3. The molecule has 2 aromatic heterocycles. The van der Waals surface area contributed by atoms with Crippen LogP contribution in [0.25, 0.3) is 33.1 Å². The fraction of sp³-hybridized carbons (Fsp3) is 0.0800. The van der Waals surface area contributed by atoms with Crippen LogP contribution >= 0.6 is 0 Å². The molecule has 0 unspecified atom stereocenters. The van der Waals surface area contributed by atoms with E-state index in [-0.39, 0.29) is 5.63 Å². The maximum Gasteiger partial charge on any atom is 0.361 e. The van der Waals surface area contributed by atoms with E-state index >= 15 is 0 Å². The summed E-state index contributed by atoms with van der Waals surface area (Å²) in [5, 5.41) is 1.99. The summed E-state index contributed by atoms with van der Waals surface area (Å²) in [7, 11) is 0. The molecule has 5 rings (SSSR count). The fourth-order valence-corrected chi connectivity index (χ4v) is 3.80. The van der Waals surface area contributed by atoms with E-state index in [1.54, 1.807) is 0 Å². The Morgan fingerprint density at radius 1 is 0.821 bits per heavy atom. The average molecular weight is 365 g/mol. The first kappa shape index (κ1) is 16.6. The molecule has 0 amide bonds. The molecular formula is C25H19NO2. The van der Waals surface area contributed by atoms with Crippen molar-refractivity contribution < 1.29 is 4.42 Å². The molecule has 0 fully saturated rings. The highest BCUT2D eigenvalue weighted by Gasteiger charge is 2.17. The Bertz CT molecular complexity index is 1340. The summed E-state index contributed by atoms with van der Waals surface area (Å²) in [6.07, 6.45) is 0. The lowest BCUT2D eigenvalue weighted by Crippen LogP contribution is -2.08. The van der Waals surface area contributed by atoms with Crippen LogP contribution in [0.3, 0.4) is 0 Å². The molecule has 0 aliphatic rings. The van der Waals surface area contributed by atoms with Crippen molar-refractivity contribution in [2.75, 3.05) is 0 Å². The maximum atomic E-state index is 13.0. The van der Waals surface area contributed by atoms with Gasteiger partial charge in [0.05, 0.1) is 0 Å². The molecule has 3 heteroatoms. The van der Waals surface area contributed by atoms with Crippen LogP contribution in [0.15, 0.2) is 94.1 Å². The van der Waals surface area contributed by atoms with Crippen molar-refractivity contribution in [2.45, 2.75) is 13.5 Å². The van der Waals surface area contributed by atoms with E-state index in [2.05, 4.69) is 28.8 Å². The minimum atomic E-state index is -0.305. The molecule has 2 heterocycles. The van der Waals surface area contributed by atoms with Gasteiger partial charge >= 0.3 is 5.63 Å². The normalized spacial score (nSPS) is 11.3. The van der Waals surface area contributed by atoms with Crippen LogP contribution in [0, 0.1) is 6.92 Å². The number of para-hydroxylation sites is 1. The summed E-state index contributed by atoms with van der Waals surface area (Å²) >= 11 is 0. The number of nitrogens with zero attached hydrogens (tertiary/aromatic N) is 1. The first-order valence-corrected chi connectivity index (χ1v) is 9.37. The quantitative estimate of drug-likeness (QED) is 0.407. The lowest BCUT2D eigenvalue weighted by Gasteiger charge is -2.07. The van der Waals surface area contributed by atoms with Crippen LogP contribution in [0.4, 0.5) is 0 Å². The molecule has 0 N–H and O–H groups in total. The highest BCUT2D eigenvalue weighted by Crippen LogP contribution is 2.31. The summed E-state index contributed by atoms with van der Waals surface area (Å²) in [5.41, 5.74) is 4.57. The van der Waals surface area contributed by atoms with Gasteiger partial charge in [-0.15, -0.1) is 0 Å². The van der Waals surface area contributed by atoms with Crippen LogP contribution in [0.2, 0.25) is 0 Å². The van der Waals surface area contributed by atoms with E-state index in [4.69, 9.17) is 4.42 Å². The van der Waals surface area contributed by atoms with Crippen LogP contribution in [0.1, 0.15) is 11.1 Å². The highest BCUT2D eigenvalue weighted by molar-refractivity contribution is 6.08. The molecule has 136 valence electrons. The molecule has 0 spiro atoms. The van der Waals surface area contributed by atoms with Crippen molar-refractivity contribution in [3.63, 3.8) is 0 Å². The molecule has 28 heavy (non-hydrogen) atoms. The van der Waals surface area contributed by atoms with E-state index in [0.29, 0.717) is 17.8 Å². The zero-order valence-corrected chi connectivity index (χ0v) is 15.6. The van der Waals surface area contributed by atoms with Gasteiger partial charge in [-0.1, -0.05) is 78.4 Å². The Morgan fingerprint density at radius 3 is 2.32 bits per heavy atom. The monoisotopic (exact) mass is 365 g/mol. The lowest BCUT2D eigenvalue weighted by molar-refractivity contribution is 0.530. The van der Waals surface area contributed by atoms with Gasteiger partial charge in [0.25, 0.3) is 0 Å². The molecule has 0 atom stereocenters. The van der Waals surface area contributed by atoms with E-state index in [1.165, 1.54) is 5.56 Å². The predicted molar refractivity (Wildman–Crippen MR) is 114 cm³/mol. The molecule has 3 nitrogen and oxygen atoms in total. The van der Waals surface area contributed by atoms with Crippen LogP contribution in [0.5, 0.6) is 0 Å². The van der Waals surface area contributed by atoms with Gasteiger partial charge < -0.3 is 8.98 Å². The summed E-state index contributed by atoms with van der Waals surface area (Å²) in [6.45, 7) is 2.67. The average Bonchev–Trinajstić information content (AvgIpc) is 3.04. The molecule has 0 saturated heterocycles.